The van der Waals surface area contributed by atoms with Crippen molar-refractivity contribution in [1.29, 1.82) is 0 Å². The Balaban J connectivity index is 1.77. The zero-order valence-corrected chi connectivity index (χ0v) is 12.2. The molecule has 4 heteroatoms. The van der Waals surface area contributed by atoms with Crippen LogP contribution in [0.3, 0.4) is 0 Å². The van der Waals surface area contributed by atoms with E-state index in [0.29, 0.717) is 5.41 Å². The minimum Gasteiger partial charge on any atom is -0.361 e. The molecule has 17 heavy (non-hydrogen) atoms. The lowest BCUT2D eigenvalue weighted by Crippen LogP contribution is -2.13. The van der Waals surface area contributed by atoms with Gasteiger partial charge in [-0.05, 0) is 42.9 Å². The fourth-order valence-corrected chi connectivity index (χ4v) is 3.48. The molecule has 1 aromatic heterocycles. The fourth-order valence-electron chi connectivity index (χ4n) is 2.07. The molecule has 2 nitrogen and oxygen atoms in total. The van der Waals surface area contributed by atoms with E-state index in [1.165, 1.54) is 24.0 Å². The van der Waals surface area contributed by atoms with Crippen LogP contribution in [0.25, 0.3) is 10.2 Å². The van der Waals surface area contributed by atoms with E-state index in [9.17, 15) is 0 Å². The van der Waals surface area contributed by atoms with Crippen molar-refractivity contribution < 1.29 is 0 Å². The molecule has 0 amide bonds. The molecule has 1 N–H and O–H groups in total. The Morgan fingerprint density at radius 3 is 3.00 bits per heavy atom. The molecule has 0 radical (unpaired) electrons. The average Bonchev–Trinajstić information content (AvgIpc) is 3.00. The quantitative estimate of drug-likeness (QED) is 0.888. The van der Waals surface area contributed by atoms with E-state index < -0.39 is 0 Å². The van der Waals surface area contributed by atoms with Crippen LogP contribution in [0.1, 0.15) is 26.2 Å². The van der Waals surface area contributed by atoms with Gasteiger partial charge in [-0.3, -0.25) is 0 Å². The molecule has 0 aliphatic heterocycles. The first-order valence-corrected chi connectivity index (χ1v) is 7.62. The third kappa shape index (κ3) is 2.33. The SMILES string of the molecule is CCC1(CNc2nc3ccc(Br)cc3s2)CC1. The largest absolute Gasteiger partial charge is 0.361 e. The number of thiazole rings is 1. The molecule has 1 aliphatic carbocycles. The van der Waals surface area contributed by atoms with Crippen LogP contribution in [0.2, 0.25) is 0 Å². The summed E-state index contributed by atoms with van der Waals surface area (Å²) in [4.78, 5) is 4.61. The number of rotatable bonds is 4. The first-order chi connectivity index (χ1) is 8.21. The Kier molecular flexibility index (Phi) is 2.87. The summed E-state index contributed by atoms with van der Waals surface area (Å²) in [6.45, 7) is 3.36. The zero-order valence-electron chi connectivity index (χ0n) is 9.79. The number of nitrogens with one attached hydrogen (secondary N) is 1. The van der Waals surface area contributed by atoms with Gasteiger partial charge in [0.2, 0.25) is 0 Å². The molecule has 1 fully saturated rings. The van der Waals surface area contributed by atoms with Gasteiger partial charge in [0.1, 0.15) is 0 Å². The van der Waals surface area contributed by atoms with Crippen molar-refractivity contribution in [2.45, 2.75) is 26.2 Å². The van der Waals surface area contributed by atoms with Gasteiger partial charge in [-0.15, -0.1) is 0 Å². The predicted molar refractivity (Wildman–Crippen MR) is 77.8 cm³/mol. The normalized spacial score (nSPS) is 17.3. The van der Waals surface area contributed by atoms with Crippen molar-refractivity contribution in [2.75, 3.05) is 11.9 Å². The highest BCUT2D eigenvalue weighted by molar-refractivity contribution is 9.10. The minimum absolute atomic E-state index is 0.568. The van der Waals surface area contributed by atoms with Crippen molar-refractivity contribution >= 4 is 42.6 Å². The summed E-state index contributed by atoms with van der Waals surface area (Å²) < 4.78 is 2.36. The number of fused-ring (bicyclic) bond motifs is 1. The highest BCUT2D eigenvalue weighted by Gasteiger charge is 2.40. The van der Waals surface area contributed by atoms with Gasteiger partial charge in [0.15, 0.2) is 5.13 Å². The van der Waals surface area contributed by atoms with Crippen LogP contribution in [0.15, 0.2) is 22.7 Å². The van der Waals surface area contributed by atoms with E-state index >= 15 is 0 Å². The van der Waals surface area contributed by atoms with Crippen molar-refractivity contribution in [3.63, 3.8) is 0 Å². The maximum atomic E-state index is 4.61. The third-order valence-electron chi connectivity index (χ3n) is 3.67. The average molecular weight is 311 g/mol. The number of hydrogen-bond acceptors (Lipinski definition) is 3. The Labute approximate surface area is 114 Å². The second-order valence-corrected chi connectivity index (χ2v) is 6.78. The maximum absolute atomic E-state index is 4.61. The van der Waals surface area contributed by atoms with Crippen LogP contribution in [-0.2, 0) is 0 Å². The van der Waals surface area contributed by atoms with Gasteiger partial charge in [0, 0.05) is 11.0 Å². The standard InChI is InChI=1S/C13H15BrN2S/c1-2-13(5-6-13)8-15-12-16-10-4-3-9(14)7-11(10)17-12/h3-4,7H,2,5-6,8H2,1H3,(H,15,16). The molecule has 90 valence electrons. The van der Waals surface area contributed by atoms with E-state index in [2.05, 4.69) is 45.3 Å². The summed E-state index contributed by atoms with van der Waals surface area (Å²) in [7, 11) is 0. The molecule has 0 atom stereocenters. The topological polar surface area (TPSA) is 24.9 Å². The second-order valence-electron chi connectivity index (χ2n) is 4.84. The number of nitrogens with zero attached hydrogens (tertiary/aromatic N) is 1. The second kappa shape index (κ2) is 4.25. The van der Waals surface area contributed by atoms with Crippen LogP contribution >= 0.6 is 27.3 Å². The molecule has 0 spiro atoms. The van der Waals surface area contributed by atoms with Crippen LogP contribution in [-0.4, -0.2) is 11.5 Å². The Hall–Kier alpha value is -0.610. The molecular weight excluding hydrogens is 296 g/mol. The van der Waals surface area contributed by atoms with Gasteiger partial charge in [-0.25, -0.2) is 4.98 Å². The maximum Gasteiger partial charge on any atom is 0.183 e. The Bertz CT molecular complexity index is 545. The molecule has 1 aliphatic rings. The predicted octanol–water partition coefficient (Wildman–Crippen LogP) is 4.66. The summed E-state index contributed by atoms with van der Waals surface area (Å²) in [5.41, 5.74) is 1.65. The lowest BCUT2D eigenvalue weighted by molar-refractivity contribution is 0.521. The van der Waals surface area contributed by atoms with Crippen LogP contribution in [0.4, 0.5) is 5.13 Å². The molecule has 1 heterocycles. The monoisotopic (exact) mass is 310 g/mol. The van der Waals surface area contributed by atoms with Gasteiger partial charge in [-0.2, -0.15) is 0 Å². The highest BCUT2D eigenvalue weighted by atomic mass is 79.9. The lowest BCUT2D eigenvalue weighted by Gasteiger charge is -2.11. The summed E-state index contributed by atoms with van der Waals surface area (Å²) in [5, 5.41) is 4.55. The Morgan fingerprint density at radius 2 is 2.29 bits per heavy atom. The van der Waals surface area contributed by atoms with E-state index in [1.54, 1.807) is 11.3 Å². The van der Waals surface area contributed by atoms with Gasteiger partial charge in [0.05, 0.1) is 10.2 Å². The van der Waals surface area contributed by atoms with Crippen molar-refractivity contribution in [1.82, 2.24) is 4.98 Å². The van der Waals surface area contributed by atoms with Gasteiger partial charge < -0.3 is 5.32 Å². The van der Waals surface area contributed by atoms with E-state index in [1.807, 2.05) is 6.07 Å². The van der Waals surface area contributed by atoms with Gasteiger partial charge in [0.25, 0.3) is 0 Å². The summed E-state index contributed by atoms with van der Waals surface area (Å²) in [6.07, 6.45) is 4.01. The molecule has 0 bridgehead atoms. The first-order valence-electron chi connectivity index (χ1n) is 6.01. The van der Waals surface area contributed by atoms with Crippen LogP contribution in [0, 0.1) is 5.41 Å². The number of halogens is 1. The smallest absolute Gasteiger partial charge is 0.183 e. The summed E-state index contributed by atoms with van der Waals surface area (Å²) in [5.74, 6) is 0. The minimum atomic E-state index is 0.568. The molecule has 0 unspecified atom stereocenters. The summed E-state index contributed by atoms with van der Waals surface area (Å²) >= 11 is 5.23. The fraction of sp³-hybridized carbons (Fsp3) is 0.462. The zero-order chi connectivity index (χ0) is 11.9. The van der Waals surface area contributed by atoms with Gasteiger partial charge in [-0.1, -0.05) is 34.2 Å². The number of aromatic nitrogens is 1. The molecular formula is C13H15BrN2S. The Morgan fingerprint density at radius 1 is 1.47 bits per heavy atom. The number of benzene rings is 1. The van der Waals surface area contributed by atoms with Gasteiger partial charge >= 0.3 is 0 Å². The van der Waals surface area contributed by atoms with Crippen LogP contribution < -0.4 is 5.32 Å². The van der Waals surface area contributed by atoms with E-state index in [0.717, 1.165) is 21.7 Å². The highest BCUT2D eigenvalue weighted by Crippen LogP contribution is 2.48. The van der Waals surface area contributed by atoms with Crippen molar-refractivity contribution in [2.24, 2.45) is 5.41 Å². The van der Waals surface area contributed by atoms with Crippen molar-refractivity contribution in [3.8, 4) is 0 Å². The molecule has 2 aromatic rings. The van der Waals surface area contributed by atoms with E-state index in [-0.39, 0.29) is 0 Å². The summed E-state index contributed by atoms with van der Waals surface area (Å²) in [6, 6.07) is 6.24. The van der Waals surface area contributed by atoms with Crippen molar-refractivity contribution in [3.05, 3.63) is 22.7 Å². The molecule has 1 saturated carbocycles. The molecule has 0 saturated heterocycles. The number of anilines is 1. The molecule has 3 rings (SSSR count). The molecule has 1 aromatic carbocycles. The lowest BCUT2D eigenvalue weighted by atomic mass is 10.0. The third-order valence-corrected chi connectivity index (χ3v) is 5.14. The first kappa shape index (κ1) is 11.5. The van der Waals surface area contributed by atoms with E-state index in [4.69, 9.17) is 0 Å². The van der Waals surface area contributed by atoms with Crippen LogP contribution in [0.5, 0.6) is 0 Å². The number of hydrogen-bond donors (Lipinski definition) is 1.